The highest BCUT2D eigenvalue weighted by Crippen LogP contribution is 2.20. The lowest BCUT2D eigenvalue weighted by Gasteiger charge is -2.32. The molecule has 1 amide bonds. The third kappa shape index (κ3) is 3.87. The van der Waals surface area contributed by atoms with Crippen molar-refractivity contribution in [1.82, 2.24) is 19.2 Å². The van der Waals surface area contributed by atoms with Crippen LogP contribution in [0, 0.1) is 0 Å². The van der Waals surface area contributed by atoms with Gasteiger partial charge in [-0.15, -0.1) is 11.3 Å². The van der Waals surface area contributed by atoms with Gasteiger partial charge in [-0.2, -0.15) is 0 Å². The first-order chi connectivity index (χ1) is 13.5. The van der Waals surface area contributed by atoms with Crippen molar-refractivity contribution >= 4 is 27.3 Å². The average molecular weight is 417 g/mol. The summed E-state index contributed by atoms with van der Waals surface area (Å²) in [5.74, 6) is -0.0964. The zero-order valence-electron chi connectivity index (χ0n) is 15.1. The van der Waals surface area contributed by atoms with Crippen molar-refractivity contribution in [1.29, 1.82) is 0 Å². The highest BCUT2D eigenvalue weighted by molar-refractivity contribution is 7.91. The van der Waals surface area contributed by atoms with E-state index in [0.717, 1.165) is 5.69 Å². The molecule has 3 aromatic rings. The fraction of sp³-hybridized carbons (Fsp3) is 0.263. The number of likely N-dealkylation sites (tertiary alicyclic amines) is 1. The van der Waals surface area contributed by atoms with Crippen molar-refractivity contribution in [3.05, 3.63) is 66.1 Å². The Morgan fingerprint density at radius 3 is 2.54 bits per heavy atom. The van der Waals surface area contributed by atoms with Crippen LogP contribution in [0.1, 0.15) is 23.3 Å². The van der Waals surface area contributed by atoms with Gasteiger partial charge in [-0.3, -0.25) is 9.36 Å². The Kier molecular flexibility index (Phi) is 5.29. The molecule has 1 N–H and O–H groups in total. The smallest absolute Gasteiger partial charge is 0.272 e. The van der Waals surface area contributed by atoms with Gasteiger partial charge in [0.25, 0.3) is 5.91 Å². The SMILES string of the molecule is O=C(c1cncn1-c1ccccc1)N1CCC(NS(=O)(=O)c2cccs2)CC1. The molecular weight excluding hydrogens is 396 g/mol. The number of carbonyl (C=O) groups excluding carboxylic acids is 1. The van der Waals surface area contributed by atoms with Crippen molar-refractivity contribution in [3.63, 3.8) is 0 Å². The Balaban J connectivity index is 1.41. The standard InChI is InChI=1S/C19H20N4O3S2/c24-19(17-13-20-14-23(17)16-5-2-1-3-6-16)22-10-8-15(9-11-22)21-28(25,26)18-7-4-12-27-18/h1-7,12-15,21H,8-11H2. The first-order valence-corrected chi connectivity index (χ1v) is 11.3. The summed E-state index contributed by atoms with van der Waals surface area (Å²) >= 11 is 1.20. The first kappa shape index (κ1) is 18.9. The molecule has 1 aliphatic rings. The number of nitrogens with one attached hydrogen (secondary N) is 1. The summed E-state index contributed by atoms with van der Waals surface area (Å²) in [5.41, 5.74) is 1.38. The molecule has 3 heterocycles. The molecule has 1 saturated heterocycles. The van der Waals surface area contributed by atoms with Gasteiger partial charge in [0.1, 0.15) is 9.90 Å². The van der Waals surface area contributed by atoms with Crippen LogP contribution in [0.3, 0.4) is 0 Å². The minimum Gasteiger partial charge on any atom is -0.337 e. The van der Waals surface area contributed by atoms with Gasteiger partial charge in [0.15, 0.2) is 0 Å². The molecule has 0 unspecified atom stereocenters. The minimum absolute atomic E-state index is 0.0964. The number of amides is 1. The molecule has 0 radical (unpaired) electrons. The van der Waals surface area contributed by atoms with Crippen molar-refractivity contribution in [2.75, 3.05) is 13.1 Å². The van der Waals surface area contributed by atoms with Crippen molar-refractivity contribution in [2.45, 2.75) is 23.1 Å². The number of rotatable bonds is 5. The van der Waals surface area contributed by atoms with Gasteiger partial charge in [0.05, 0.1) is 12.5 Å². The molecule has 7 nitrogen and oxygen atoms in total. The Morgan fingerprint density at radius 2 is 1.86 bits per heavy atom. The maximum atomic E-state index is 13.0. The summed E-state index contributed by atoms with van der Waals surface area (Å²) in [7, 11) is -3.49. The molecule has 0 aliphatic carbocycles. The maximum absolute atomic E-state index is 13.0. The quantitative estimate of drug-likeness (QED) is 0.693. The van der Waals surface area contributed by atoms with Crippen LogP contribution in [0.25, 0.3) is 5.69 Å². The van der Waals surface area contributed by atoms with Crippen LogP contribution >= 0.6 is 11.3 Å². The molecule has 1 aliphatic heterocycles. The van der Waals surface area contributed by atoms with Crippen LogP contribution in [-0.2, 0) is 10.0 Å². The molecule has 0 saturated carbocycles. The number of hydrogen-bond acceptors (Lipinski definition) is 5. The zero-order valence-corrected chi connectivity index (χ0v) is 16.7. The molecule has 0 spiro atoms. The van der Waals surface area contributed by atoms with Crippen molar-refractivity contribution < 1.29 is 13.2 Å². The number of para-hydroxylation sites is 1. The monoisotopic (exact) mass is 416 g/mol. The van der Waals surface area contributed by atoms with E-state index < -0.39 is 10.0 Å². The fourth-order valence-electron chi connectivity index (χ4n) is 3.30. The molecular formula is C19H20N4O3S2. The van der Waals surface area contributed by atoms with E-state index in [1.807, 2.05) is 30.3 Å². The third-order valence-corrected chi connectivity index (χ3v) is 7.67. The van der Waals surface area contributed by atoms with E-state index in [1.54, 1.807) is 39.5 Å². The van der Waals surface area contributed by atoms with Gasteiger partial charge >= 0.3 is 0 Å². The van der Waals surface area contributed by atoms with Crippen LogP contribution in [-0.4, -0.2) is 47.9 Å². The van der Waals surface area contributed by atoms with Crippen LogP contribution in [0.4, 0.5) is 0 Å². The Bertz CT molecular complexity index is 1040. The largest absolute Gasteiger partial charge is 0.337 e. The second kappa shape index (κ2) is 7.86. The number of imidazole rings is 1. The number of hydrogen-bond donors (Lipinski definition) is 1. The molecule has 2 aromatic heterocycles. The lowest BCUT2D eigenvalue weighted by atomic mass is 10.1. The summed E-state index contributed by atoms with van der Waals surface area (Å²) in [6.45, 7) is 0.993. The number of sulfonamides is 1. The summed E-state index contributed by atoms with van der Waals surface area (Å²) < 4.78 is 29.6. The van der Waals surface area contributed by atoms with Crippen LogP contribution in [0.15, 0.2) is 64.6 Å². The van der Waals surface area contributed by atoms with E-state index in [0.29, 0.717) is 35.8 Å². The maximum Gasteiger partial charge on any atom is 0.272 e. The van der Waals surface area contributed by atoms with Crippen molar-refractivity contribution in [3.8, 4) is 5.69 Å². The normalized spacial score (nSPS) is 15.6. The predicted molar refractivity (Wildman–Crippen MR) is 107 cm³/mol. The molecule has 28 heavy (non-hydrogen) atoms. The summed E-state index contributed by atoms with van der Waals surface area (Å²) in [4.78, 5) is 18.8. The number of thiophene rings is 1. The fourth-order valence-corrected chi connectivity index (χ4v) is 5.62. The summed E-state index contributed by atoms with van der Waals surface area (Å²) in [6.07, 6.45) is 4.36. The summed E-state index contributed by atoms with van der Waals surface area (Å²) in [6, 6.07) is 12.7. The van der Waals surface area contributed by atoms with Gasteiger partial charge in [-0.25, -0.2) is 18.1 Å². The molecule has 1 fully saturated rings. The third-order valence-electron chi connectivity index (χ3n) is 4.76. The number of piperidine rings is 1. The average Bonchev–Trinajstić information content (AvgIpc) is 3.41. The Morgan fingerprint density at radius 1 is 1.11 bits per heavy atom. The highest BCUT2D eigenvalue weighted by Gasteiger charge is 2.28. The van der Waals surface area contributed by atoms with Gasteiger partial charge in [-0.05, 0) is 36.4 Å². The summed E-state index contributed by atoms with van der Waals surface area (Å²) in [5, 5.41) is 1.74. The van der Waals surface area contributed by atoms with E-state index in [4.69, 9.17) is 0 Å². The Labute approximate surface area is 167 Å². The highest BCUT2D eigenvalue weighted by atomic mass is 32.2. The van der Waals surface area contributed by atoms with E-state index in [-0.39, 0.29) is 11.9 Å². The lowest BCUT2D eigenvalue weighted by Crippen LogP contribution is -2.46. The van der Waals surface area contributed by atoms with E-state index in [1.165, 1.54) is 11.3 Å². The Hall–Kier alpha value is -2.49. The minimum atomic E-state index is -3.49. The van der Waals surface area contributed by atoms with E-state index >= 15 is 0 Å². The second-order valence-electron chi connectivity index (χ2n) is 6.60. The number of aromatic nitrogens is 2. The van der Waals surface area contributed by atoms with Crippen LogP contribution in [0.2, 0.25) is 0 Å². The second-order valence-corrected chi connectivity index (χ2v) is 9.49. The van der Waals surface area contributed by atoms with Gasteiger partial charge in [-0.1, -0.05) is 24.3 Å². The molecule has 0 bridgehead atoms. The van der Waals surface area contributed by atoms with Gasteiger partial charge in [0.2, 0.25) is 10.0 Å². The molecule has 0 atom stereocenters. The van der Waals surface area contributed by atoms with Gasteiger partial charge in [0, 0.05) is 24.8 Å². The number of nitrogens with zero attached hydrogens (tertiary/aromatic N) is 3. The van der Waals surface area contributed by atoms with E-state index in [9.17, 15) is 13.2 Å². The predicted octanol–water partition coefficient (Wildman–Crippen LogP) is 2.52. The number of benzene rings is 1. The first-order valence-electron chi connectivity index (χ1n) is 8.97. The van der Waals surface area contributed by atoms with Crippen LogP contribution < -0.4 is 4.72 Å². The topological polar surface area (TPSA) is 84.3 Å². The van der Waals surface area contributed by atoms with Gasteiger partial charge < -0.3 is 4.90 Å². The lowest BCUT2D eigenvalue weighted by molar-refractivity contribution is 0.0703. The number of carbonyl (C=O) groups is 1. The molecule has 1 aromatic carbocycles. The van der Waals surface area contributed by atoms with Crippen molar-refractivity contribution in [2.24, 2.45) is 0 Å². The van der Waals surface area contributed by atoms with E-state index in [2.05, 4.69) is 9.71 Å². The molecule has 146 valence electrons. The molecule has 9 heteroatoms. The zero-order chi connectivity index (χ0) is 19.6. The molecule has 4 rings (SSSR count). The van der Waals surface area contributed by atoms with Crippen LogP contribution in [0.5, 0.6) is 0 Å².